The van der Waals surface area contributed by atoms with Crippen LogP contribution in [0.2, 0.25) is 0 Å². The molecule has 0 saturated carbocycles. The van der Waals surface area contributed by atoms with Crippen LogP contribution in [0.15, 0.2) is 10.2 Å². The first kappa shape index (κ1) is 21.8. The Bertz CT molecular complexity index is 1030. The molecular formula is C19H25N9O. The number of carbonyl (C=O) groups excluding carboxylic acids is 1. The van der Waals surface area contributed by atoms with Crippen molar-refractivity contribution in [1.82, 2.24) is 19.3 Å². The van der Waals surface area contributed by atoms with E-state index in [1.807, 2.05) is 46.8 Å². The Balaban J connectivity index is 2.67. The zero-order valence-electron chi connectivity index (χ0n) is 17.6. The molecule has 2 rings (SSSR count). The SMILES string of the molecule is CCC(CC)C(=O)n1c(N=Nc2c(C(C)(C)C)nn(C)c2N)nc(C#N)c1C#N. The summed E-state index contributed by atoms with van der Waals surface area (Å²) in [5.41, 5.74) is 6.42. The molecule has 0 aromatic carbocycles. The highest BCUT2D eigenvalue weighted by molar-refractivity contribution is 5.85. The van der Waals surface area contributed by atoms with Gasteiger partial charge in [0.05, 0.1) is 5.69 Å². The van der Waals surface area contributed by atoms with Gasteiger partial charge >= 0.3 is 0 Å². The van der Waals surface area contributed by atoms with Gasteiger partial charge in [0.15, 0.2) is 17.1 Å². The average molecular weight is 395 g/mol. The lowest BCUT2D eigenvalue weighted by molar-refractivity contribution is 0.0828. The first-order valence-corrected chi connectivity index (χ1v) is 9.32. The lowest BCUT2D eigenvalue weighted by atomic mass is 9.91. The molecule has 2 aromatic heterocycles. The molecule has 10 heteroatoms. The molecule has 0 aliphatic rings. The third-order valence-corrected chi connectivity index (χ3v) is 4.64. The molecule has 0 saturated heterocycles. The lowest BCUT2D eigenvalue weighted by Gasteiger charge is -2.15. The fourth-order valence-corrected chi connectivity index (χ4v) is 2.91. The number of nitrogens with zero attached hydrogens (tertiary/aromatic N) is 8. The maximum Gasteiger partial charge on any atom is 0.258 e. The van der Waals surface area contributed by atoms with Crippen molar-refractivity contribution in [3.63, 3.8) is 0 Å². The number of hydrogen-bond donors (Lipinski definition) is 1. The van der Waals surface area contributed by atoms with E-state index in [9.17, 15) is 15.3 Å². The van der Waals surface area contributed by atoms with E-state index >= 15 is 0 Å². The molecule has 0 bridgehead atoms. The highest BCUT2D eigenvalue weighted by Crippen LogP contribution is 2.36. The van der Waals surface area contributed by atoms with Crippen LogP contribution in [0.25, 0.3) is 0 Å². The fraction of sp³-hybridized carbons (Fsp3) is 0.526. The van der Waals surface area contributed by atoms with Gasteiger partial charge in [0, 0.05) is 18.4 Å². The number of azo groups is 1. The summed E-state index contributed by atoms with van der Waals surface area (Å²) >= 11 is 0. The van der Waals surface area contributed by atoms with Gasteiger partial charge in [-0.25, -0.2) is 4.57 Å². The first-order chi connectivity index (χ1) is 13.6. The van der Waals surface area contributed by atoms with Crippen LogP contribution in [0.1, 0.15) is 69.3 Å². The number of aromatic nitrogens is 4. The number of hydrogen-bond acceptors (Lipinski definition) is 8. The van der Waals surface area contributed by atoms with Crippen molar-refractivity contribution >= 4 is 23.4 Å². The summed E-state index contributed by atoms with van der Waals surface area (Å²) in [6.45, 7) is 9.66. The van der Waals surface area contributed by atoms with E-state index in [-0.39, 0.29) is 34.6 Å². The van der Waals surface area contributed by atoms with Gasteiger partial charge in [-0.1, -0.05) is 34.6 Å². The number of rotatable bonds is 5. The van der Waals surface area contributed by atoms with Crippen LogP contribution in [0.4, 0.5) is 17.5 Å². The van der Waals surface area contributed by atoms with Crippen molar-refractivity contribution in [2.75, 3.05) is 5.73 Å². The largest absolute Gasteiger partial charge is 0.382 e. The quantitative estimate of drug-likeness (QED) is 0.761. The minimum Gasteiger partial charge on any atom is -0.382 e. The van der Waals surface area contributed by atoms with E-state index in [2.05, 4.69) is 20.3 Å². The number of nitriles is 2. The summed E-state index contributed by atoms with van der Waals surface area (Å²) in [7, 11) is 1.70. The number of nitrogens with two attached hydrogens (primary N) is 1. The van der Waals surface area contributed by atoms with Crippen LogP contribution in [0.3, 0.4) is 0 Å². The van der Waals surface area contributed by atoms with Crippen LogP contribution in [0.5, 0.6) is 0 Å². The Morgan fingerprint density at radius 2 is 1.83 bits per heavy atom. The van der Waals surface area contributed by atoms with Gasteiger partial charge in [-0.05, 0) is 12.8 Å². The summed E-state index contributed by atoms with van der Waals surface area (Å²) in [6, 6.07) is 3.72. The highest BCUT2D eigenvalue weighted by Gasteiger charge is 2.28. The van der Waals surface area contributed by atoms with Gasteiger partial charge in [-0.2, -0.15) is 20.6 Å². The third kappa shape index (κ3) is 4.02. The molecule has 2 N–H and O–H groups in total. The molecular weight excluding hydrogens is 370 g/mol. The number of aryl methyl sites for hydroxylation is 1. The summed E-state index contributed by atoms with van der Waals surface area (Å²) in [4.78, 5) is 17.0. The van der Waals surface area contributed by atoms with Crippen LogP contribution >= 0.6 is 0 Å². The Morgan fingerprint density at radius 1 is 1.21 bits per heavy atom. The number of carbonyl (C=O) groups is 1. The Hall–Kier alpha value is -3.53. The molecule has 0 aliphatic carbocycles. The predicted octanol–water partition coefficient (Wildman–Crippen LogP) is 3.73. The zero-order valence-corrected chi connectivity index (χ0v) is 17.6. The molecule has 10 nitrogen and oxygen atoms in total. The second kappa shape index (κ2) is 8.23. The van der Waals surface area contributed by atoms with E-state index in [1.54, 1.807) is 7.05 Å². The Kier molecular flexibility index (Phi) is 6.18. The van der Waals surface area contributed by atoms with Crippen LogP contribution in [-0.2, 0) is 12.5 Å². The maximum atomic E-state index is 13.0. The van der Waals surface area contributed by atoms with Crippen molar-refractivity contribution in [2.24, 2.45) is 23.2 Å². The van der Waals surface area contributed by atoms with Gasteiger partial charge in [0.1, 0.15) is 18.0 Å². The van der Waals surface area contributed by atoms with Crippen molar-refractivity contribution in [3.05, 3.63) is 17.1 Å². The maximum absolute atomic E-state index is 13.0. The van der Waals surface area contributed by atoms with E-state index in [1.165, 1.54) is 4.68 Å². The highest BCUT2D eigenvalue weighted by atomic mass is 16.2. The minimum absolute atomic E-state index is 0.127. The molecule has 0 aliphatic heterocycles. The molecule has 152 valence electrons. The Labute approximate surface area is 169 Å². The van der Waals surface area contributed by atoms with Crippen molar-refractivity contribution < 1.29 is 4.79 Å². The van der Waals surface area contributed by atoms with Gasteiger partial charge in [-0.15, -0.1) is 10.2 Å². The molecule has 0 unspecified atom stereocenters. The summed E-state index contributed by atoms with van der Waals surface area (Å²) in [5, 5.41) is 31.5. The predicted molar refractivity (Wildman–Crippen MR) is 107 cm³/mol. The van der Waals surface area contributed by atoms with E-state index < -0.39 is 0 Å². The van der Waals surface area contributed by atoms with Crippen LogP contribution in [-0.4, -0.2) is 25.2 Å². The lowest BCUT2D eigenvalue weighted by Crippen LogP contribution is -2.21. The molecule has 0 spiro atoms. The normalized spacial score (nSPS) is 11.8. The smallest absolute Gasteiger partial charge is 0.258 e. The topological polar surface area (TPSA) is 151 Å². The van der Waals surface area contributed by atoms with Crippen molar-refractivity contribution in [1.29, 1.82) is 10.5 Å². The van der Waals surface area contributed by atoms with Crippen LogP contribution in [0, 0.1) is 28.6 Å². The second-order valence-electron chi connectivity index (χ2n) is 7.68. The van der Waals surface area contributed by atoms with Gasteiger partial charge < -0.3 is 5.73 Å². The zero-order chi connectivity index (χ0) is 21.9. The molecule has 0 atom stereocenters. The van der Waals surface area contributed by atoms with E-state index in [0.29, 0.717) is 30.0 Å². The van der Waals surface area contributed by atoms with Crippen molar-refractivity contribution in [3.8, 4) is 12.1 Å². The Morgan fingerprint density at radius 3 is 2.31 bits per heavy atom. The molecule has 29 heavy (non-hydrogen) atoms. The summed E-state index contributed by atoms with van der Waals surface area (Å²) in [6.07, 6.45) is 1.17. The second-order valence-corrected chi connectivity index (χ2v) is 7.68. The number of anilines is 1. The van der Waals surface area contributed by atoms with Gasteiger partial charge in [-0.3, -0.25) is 9.48 Å². The third-order valence-electron chi connectivity index (χ3n) is 4.64. The number of imidazole rings is 1. The molecule has 2 heterocycles. The molecule has 0 fully saturated rings. The monoisotopic (exact) mass is 395 g/mol. The van der Waals surface area contributed by atoms with Crippen LogP contribution < -0.4 is 5.73 Å². The fourth-order valence-electron chi connectivity index (χ4n) is 2.91. The minimum atomic E-state index is -0.347. The number of nitrogen functional groups attached to an aromatic ring is 1. The summed E-state index contributed by atoms with van der Waals surface area (Å²) in [5.74, 6) is -0.489. The molecule has 0 radical (unpaired) electrons. The van der Waals surface area contributed by atoms with E-state index in [0.717, 1.165) is 4.57 Å². The first-order valence-electron chi connectivity index (χ1n) is 9.32. The van der Waals surface area contributed by atoms with Crippen molar-refractivity contribution in [2.45, 2.75) is 52.9 Å². The average Bonchev–Trinajstić information content (AvgIpc) is 3.18. The molecule has 0 amide bonds. The standard InChI is InChI=1S/C19H25N9O/c1-7-11(8-2)17(29)28-13(10-21)12(9-20)23-18(28)25-24-14-15(19(3,4)5)26-27(6)16(14)22/h11H,7-8,22H2,1-6H3. The summed E-state index contributed by atoms with van der Waals surface area (Å²) < 4.78 is 2.57. The van der Waals surface area contributed by atoms with E-state index in [4.69, 9.17) is 5.73 Å². The molecule has 2 aromatic rings. The van der Waals surface area contributed by atoms with Gasteiger partial charge in [0.25, 0.3) is 5.95 Å². The van der Waals surface area contributed by atoms with Gasteiger partial charge in [0.2, 0.25) is 5.91 Å².